The standard InChI is InChI=1S/C31H42NO4/c1-6-9-10-11-12-13-14-24-23-15-16-27(33-4)31(34-5)26(23)21-32-18-17-22-19-28(35-7-2)29(36-8-3)20-25(22)30(24)32/h15-16,19-21H,6-14,17-18H2,1-5H3/q+1. The van der Waals surface area contributed by atoms with Crippen LogP contribution in [0.2, 0.25) is 0 Å². The van der Waals surface area contributed by atoms with E-state index in [1.54, 1.807) is 14.2 Å². The molecule has 0 saturated heterocycles. The molecule has 1 aromatic heterocycles. The third kappa shape index (κ3) is 5.25. The molecule has 1 aliphatic heterocycles. The monoisotopic (exact) mass is 492 g/mol. The fourth-order valence-electron chi connectivity index (χ4n) is 5.50. The lowest BCUT2D eigenvalue weighted by Gasteiger charge is -2.22. The van der Waals surface area contributed by atoms with E-state index in [2.05, 4.69) is 35.9 Å². The van der Waals surface area contributed by atoms with Crippen LogP contribution in [-0.2, 0) is 19.4 Å². The van der Waals surface area contributed by atoms with Crippen molar-refractivity contribution in [3.63, 3.8) is 0 Å². The molecule has 0 spiro atoms. The lowest BCUT2D eigenvalue weighted by Crippen LogP contribution is -2.41. The van der Waals surface area contributed by atoms with Crippen LogP contribution in [0.1, 0.15) is 70.4 Å². The smallest absolute Gasteiger partial charge is 0.216 e. The first-order valence-electron chi connectivity index (χ1n) is 13.7. The molecule has 4 rings (SSSR count). The summed E-state index contributed by atoms with van der Waals surface area (Å²) in [7, 11) is 3.43. The molecule has 36 heavy (non-hydrogen) atoms. The molecule has 3 aromatic rings. The second kappa shape index (κ2) is 12.3. The molecular formula is C31H42NO4+. The van der Waals surface area contributed by atoms with E-state index >= 15 is 0 Å². The Hall–Kier alpha value is -2.95. The van der Waals surface area contributed by atoms with Gasteiger partial charge in [0.05, 0.1) is 38.4 Å². The maximum atomic E-state index is 6.03. The minimum absolute atomic E-state index is 0.609. The van der Waals surface area contributed by atoms with Crippen LogP contribution in [0.4, 0.5) is 0 Å². The number of methoxy groups -OCH3 is 2. The van der Waals surface area contributed by atoms with Crippen LogP contribution in [0.15, 0.2) is 30.5 Å². The molecule has 0 amide bonds. The maximum Gasteiger partial charge on any atom is 0.216 e. The second-order valence-corrected chi connectivity index (χ2v) is 9.50. The summed E-state index contributed by atoms with van der Waals surface area (Å²) in [6.07, 6.45) is 11.9. The Morgan fingerprint density at radius 3 is 2.19 bits per heavy atom. The molecule has 194 valence electrons. The summed E-state index contributed by atoms with van der Waals surface area (Å²) in [6, 6.07) is 8.64. The maximum absolute atomic E-state index is 6.03. The Morgan fingerprint density at radius 1 is 0.778 bits per heavy atom. The number of rotatable bonds is 13. The lowest BCUT2D eigenvalue weighted by atomic mass is 9.89. The summed E-state index contributed by atoms with van der Waals surface area (Å²) in [5.41, 5.74) is 5.27. The number of unbranched alkanes of at least 4 members (excludes halogenated alkanes) is 5. The highest BCUT2D eigenvalue weighted by Crippen LogP contribution is 2.43. The summed E-state index contributed by atoms with van der Waals surface area (Å²) in [4.78, 5) is 0. The predicted molar refractivity (Wildman–Crippen MR) is 146 cm³/mol. The normalized spacial score (nSPS) is 12.2. The number of hydrogen-bond donors (Lipinski definition) is 0. The van der Waals surface area contributed by atoms with Crippen molar-refractivity contribution in [3.05, 3.63) is 41.6 Å². The van der Waals surface area contributed by atoms with Crippen LogP contribution < -0.4 is 23.5 Å². The molecule has 2 heterocycles. The first kappa shape index (κ1) is 26.1. The van der Waals surface area contributed by atoms with Gasteiger partial charge in [-0.1, -0.05) is 39.0 Å². The molecule has 0 unspecified atom stereocenters. The number of ether oxygens (including phenoxy) is 4. The predicted octanol–water partition coefficient (Wildman–Crippen LogP) is 7.07. The third-order valence-electron chi connectivity index (χ3n) is 7.19. The number of hydrogen-bond acceptors (Lipinski definition) is 4. The van der Waals surface area contributed by atoms with Gasteiger partial charge >= 0.3 is 0 Å². The first-order chi connectivity index (χ1) is 17.7. The quantitative estimate of drug-likeness (QED) is 0.189. The van der Waals surface area contributed by atoms with Crippen molar-refractivity contribution in [3.8, 4) is 34.3 Å². The number of nitrogens with zero attached hydrogens (tertiary/aromatic N) is 1. The van der Waals surface area contributed by atoms with Gasteiger partial charge in [-0.25, -0.2) is 0 Å². The van der Waals surface area contributed by atoms with E-state index in [0.29, 0.717) is 13.2 Å². The van der Waals surface area contributed by atoms with E-state index in [1.807, 2.05) is 19.9 Å². The van der Waals surface area contributed by atoms with Gasteiger partial charge in [-0.05, 0) is 56.5 Å². The van der Waals surface area contributed by atoms with Crippen LogP contribution in [0, 0.1) is 0 Å². The zero-order chi connectivity index (χ0) is 25.5. The van der Waals surface area contributed by atoms with Crippen LogP contribution in [-0.4, -0.2) is 27.4 Å². The SMILES string of the molecule is CCCCCCCCc1c2[n+](cc3c(OC)c(OC)ccc13)CCc1cc(OCC)c(OCC)cc1-2. The molecule has 0 radical (unpaired) electrons. The lowest BCUT2D eigenvalue weighted by molar-refractivity contribution is -0.686. The van der Waals surface area contributed by atoms with Crippen molar-refractivity contribution in [2.24, 2.45) is 0 Å². The molecule has 2 aromatic carbocycles. The highest BCUT2D eigenvalue weighted by Gasteiger charge is 2.31. The largest absolute Gasteiger partial charge is 0.493 e. The number of aryl methyl sites for hydroxylation is 3. The Kier molecular flexibility index (Phi) is 8.95. The van der Waals surface area contributed by atoms with E-state index in [-0.39, 0.29) is 0 Å². The second-order valence-electron chi connectivity index (χ2n) is 9.50. The van der Waals surface area contributed by atoms with Crippen LogP contribution in [0.5, 0.6) is 23.0 Å². The van der Waals surface area contributed by atoms with E-state index in [1.165, 1.54) is 66.3 Å². The molecule has 0 N–H and O–H groups in total. The van der Waals surface area contributed by atoms with E-state index in [9.17, 15) is 0 Å². The zero-order valence-corrected chi connectivity index (χ0v) is 22.7. The first-order valence-corrected chi connectivity index (χ1v) is 13.7. The molecule has 0 bridgehead atoms. The Bertz CT molecular complexity index is 1190. The van der Waals surface area contributed by atoms with Gasteiger partial charge in [-0.2, -0.15) is 4.57 Å². The topological polar surface area (TPSA) is 40.8 Å². The minimum Gasteiger partial charge on any atom is -0.493 e. The van der Waals surface area contributed by atoms with Crippen LogP contribution in [0.25, 0.3) is 22.0 Å². The average Bonchev–Trinajstić information content (AvgIpc) is 2.89. The Labute approximate surface area is 216 Å². The van der Waals surface area contributed by atoms with E-state index in [4.69, 9.17) is 18.9 Å². The highest BCUT2D eigenvalue weighted by molar-refractivity contribution is 5.95. The van der Waals surface area contributed by atoms with Crippen molar-refractivity contribution in [2.45, 2.75) is 78.7 Å². The summed E-state index contributed by atoms with van der Waals surface area (Å²) in [5.74, 6) is 3.25. The molecule has 5 heteroatoms. The Morgan fingerprint density at radius 2 is 1.50 bits per heavy atom. The zero-order valence-electron chi connectivity index (χ0n) is 22.7. The molecule has 1 aliphatic rings. The molecule has 0 saturated carbocycles. The van der Waals surface area contributed by atoms with Crippen molar-refractivity contribution in [1.82, 2.24) is 0 Å². The van der Waals surface area contributed by atoms with Crippen molar-refractivity contribution in [1.29, 1.82) is 0 Å². The Balaban J connectivity index is 1.86. The van der Waals surface area contributed by atoms with Gasteiger partial charge in [-0.3, -0.25) is 0 Å². The highest BCUT2D eigenvalue weighted by atomic mass is 16.5. The van der Waals surface area contributed by atoms with Gasteiger partial charge < -0.3 is 18.9 Å². The van der Waals surface area contributed by atoms with E-state index < -0.39 is 0 Å². The van der Waals surface area contributed by atoms with Gasteiger partial charge in [0, 0.05) is 17.4 Å². The molecular weight excluding hydrogens is 450 g/mol. The van der Waals surface area contributed by atoms with Gasteiger partial charge in [0.2, 0.25) is 5.69 Å². The molecule has 0 atom stereocenters. The van der Waals surface area contributed by atoms with Gasteiger partial charge in [-0.15, -0.1) is 0 Å². The van der Waals surface area contributed by atoms with Crippen LogP contribution in [0.3, 0.4) is 0 Å². The van der Waals surface area contributed by atoms with Crippen molar-refractivity contribution >= 4 is 10.8 Å². The van der Waals surface area contributed by atoms with Gasteiger partial charge in [0.15, 0.2) is 35.7 Å². The number of pyridine rings is 1. The molecule has 0 fully saturated rings. The van der Waals surface area contributed by atoms with Crippen molar-refractivity contribution in [2.75, 3.05) is 27.4 Å². The van der Waals surface area contributed by atoms with Gasteiger partial charge in [0.25, 0.3) is 0 Å². The summed E-state index contributed by atoms with van der Waals surface area (Å²) >= 11 is 0. The van der Waals surface area contributed by atoms with E-state index in [0.717, 1.165) is 47.8 Å². The fraction of sp³-hybridized carbons (Fsp3) is 0.516. The van der Waals surface area contributed by atoms with Crippen LogP contribution >= 0.6 is 0 Å². The molecule has 5 nitrogen and oxygen atoms in total. The summed E-state index contributed by atoms with van der Waals surface area (Å²) in [5, 5.41) is 2.35. The van der Waals surface area contributed by atoms with Gasteiger partial charge in [0.1, 0.15) is 0 Å². The summed E-state index contributed by atoms with van der Waals surface area (Å²) in [6.45, 7) is 8.47. The van der Waals surface area contributed by atoms with Crippen molar-refractivity contribution < 1.29 is 23.5 Å². The third-order valence-corrected chi connectivity index (χ3v) is 7.19. The number of benzene rings is 2. The molecule has 0 aliphatic carbocycles. The number of aromatic nitrogens is 1. The fourth-order valence-corrected chi connectivity index (χ4v) is 5.50. The number of fused-ring (bicyclic) bond motifs is 4. The summed E-state index contributed by atoms with van der Waals surface area (Å²) < 4.78 is 25.9. The average molecular weight is 493 g/mol. The minimum atomic E-state index is 0.609.